The van der Waals surface area contributed by atoms with Gasteiger partial charge in [0.05, 0.1) is 16.8 Å². The molecular formula is C53H32N2OS. The molecule has 266 valence electrons. The molecule has 0 atom stereocenters. The fraction of sp³-hybridized carbons (Fsp3) is 0.0189. The number of rotatable bonds is 4. The second-order valence-electron chi connectivity index (χ2n) is 14.9. The minimum Gasteiger partial charge on any atom is -0.457 e. The van der Waals surface area contributed by atoms with Crippen LogP contribution in [0.1, 0.15) is 22.3 Å². The summed E-state index contributed by atoms with van der Waals surface area (Å²) in [6, 6.07) is 69.4. The summed E-state index contributed by atoms with van der Waals surface area (Å²) >= 11 is 1.82. The molecule has 12 rings (SSSR count). The molecule has 1 aliphatic heterocycles. The van der Waals surface area contributed by atoms with Crippen molar-refractivity contribution in [2.45, 2.75) is 5.41 Å². The first-order chi connectivity index (χ1) is 28.2. The van der Waals surface area contributed by atoms with Crippen LogP contribution >= 0.6 is 11.3 Å². The minimum atomic E-state index is -0.521. The molecule has 3 nitrogen and oxygen atoms in total. The van der Waals surface area contributed by atoms with Crippen molar-refractivity contribution in [2.75, 3.05) is 0 Å². The molecule has 4 heteroatoms. The monoisotopic (exact) mass is 744 g/mol. The Labute approximate surface area is 334 Å². The normalized spacial score (nSPS) is 13.2. The van der Waals surface area contributed by atoms with Crippen molar-refractivity contribution >= 4 is 31.5 Å². The quantitative estimate of drug-likeness (QED) is 0.180. The van der Waals surface area contributed by atoms with Crippen molar-refractivity contribution < 1.29 is 4.74 Å². The van der Waals surface area contributed by atoms with E-state index in [1.54, 1.807) is 0 Å². The van der Waals surface area contributed by atoms with Crippen molar-refractivity contribution in [3.05, 3.63) is 216 Å². The van der Waals surface area contributed by atoms with Gasteiger partial charge in [-0.2, -0.15) is 0 Å². The van der Waals surface area contributed by atoms with Crippen LogP contribution in [0.25, 0.3) is 76.3 Å². The number of nitrogens with zero attached hydrogens (tertiary/aromatic N) is 2. The highest BCUT2D eigenvalue weighted by atomic mass is 32.1. The van der Waals surface area contributed by atoms with E-state index in [0.29, 0.717) is 5.82 Å². The zero-order valence-corrected chi connectivity index (χ0v) is 31.5. The van der Waals surface area contributed by atoms with E-state index in [1.165, 1.54) is 42.4 Å². The van der Waals surface area contributed by atoms with Crippen molar-refractivity contribution in [1.82, 2.24) is 9.97 Å². The number of benzene rings is 8. The Bertz CT molecular complexity index is 3190. The van der Waals surface area contributed by atoms with Crippen LogP contribution in [0.4, 0.5) is 0 Å². The second kappa shape index (κ2) is 12.4. The summed E-state index contributed by atoms with van der Waals surface area (Å²) in [5.74, 6) is 2.48. The van der Waals surface area contributed by atoms with Crippen LogP contribution in [-0.4, -0.2) is 9.97 Å². The van der Waals surface area contributed by atoms with Gasteiger partial charge in [-0.1, -0.05) is 152 Å². The van der Waals surface area contributed by atoms with E-state index in [0.717, 1.165) is 61.8 Å². The molecule has 0 amide bonds. The van der Waals surface area contributed by atoms with E-state index in [1.807, 2.05) is 29.5 Å². The van der Waals surface area contributed by atoms with Gasteiger partial charge in [-0.05, 0) is 75.8 Å². The third kappa shape index (κ3) is 4.84. The Kier molecular flexibility index (Phi) is 7.01. The predicted octanol–water partition coefficient (Wildman–Crippen LogP) is 14.0. The lowest BCUT2D eigenvalue weighted by molar-refractivity contribution is 0.436. The van der Waals surface area contributed by atoms with Gasteiger partial charge in [-0.3, -0.25) is 0 Å². The lowest BCUT2D eigenvalue weighted by Gasteiger charge is -2.39. The molecule has 10 aromatic rings. The standard InChI is InChI=1S/C53H32N2OS/c1-2-13-33(14-3-1)52-54-46(32-47(55-52)37-25-27-41-40-19-6-11-24-50(40)57-51(41)31-37)36-16-12-15-34(29-36)35-26-28-49-45(30-35)53(44-22-9-10-23-48(44)56-49)42-20-7-4-17-38(42)39-18-5-8-21-43(39)53/h1-32H. The number of para-hydroxylation sites is 1. The first-order valence-electron chi connectivity index (χ1n) is 19.3. The fourth-order valence-electron chi connectivity index (χ4n) is 9.24. The van der Waals surface area contributed by atoms with Gasteiger partial charge in [-0.15, -0.1) is 11.3 Å². The van der Waals surface area contributed by atoms with Crippen molar-refractivity contribution in [2.24, 2.45) is 0 Å². The molecule has 1 aliphatic carbocycles. The molecule has 0 saturated carbocycles. The Morgan fingerprint density at radius 3 is 1.75 bits per heavy atom. The number of hydrogen-bond acceptors (Lipinski definition) is 4. The van der Waals surface area contributed by atoms with Crippen LogP contribution in [0.15, 0.2) is 194 Å². The van der Waals surface area contributed by atoms with Crippen molar-refractivity contribution in [1.29, 1.82) is 0 Å². The van der Waals surface area contributed by atoms with Crippen LogP contribution < -0.4 is 4.74 Å². The van der Waals surface area contributed by atoms with Gasteiger partial charge in [0.15, 0.2) is 5.82 Å². The molecule has 57 heavy (non-hydrogen) atoms. The number of fused-ring (bicyclic) bond motifs is 12. The molecule has 0 bridgehead atoms. The summed E-state index contributed by atoms with van der Waals surface area (Å²) < 4.78 is 9.26. The number of ether oxygens (including phenoxy) is 1. The molecule has 0 radical (unpaired) electrons. The Morgan fingerprint density at radius 1 is 0.368 bits per heavy atom. The summed E-state index contributed by atoms with van der Waals surface area (Å²) in [7, 11) is 0. The number of aromatic nitrogens is 2. The third-order valence-electron chi connectivity index (χ3n) is 11.8. The maximum atomic E-state index is 6.72. The van der Waals surface area contributed by atoms with E-state index < -0.39 is 5.41 Å². The summed E-state index contributed by atoms with van der Waals surface area (Å²) in [6.45, 7) is 0. The van der Waals surface area contributed by atoms with Crippen molar-refractivity contribution in [3.8, 4) is 67.7 Å². The fourth-order valence-corrected chi connectivity index (χ4v) is 10.4. The van der Waals surface area contributed by atoms with Gasteiger partial charge in [0.1, 0.15) is 11.5 Å². The van der Waals surface area contributed by atoms with Gasteiger partial charge in [0.2, 0.25) is 0 Å². The van der Waals surface area contributed by atoms with E-state index in [-0.39, 0.29) is 0 Å². The van der Waals surface area contributed by atoms with E-state index in [2.05, 4.69) is 176 Å². The van der Waals surface area contributed by atoms with Gasteiger partial charge in [0, 0.05) is 48.0 Å². The van der Waals surface area contributed by atoms with Gasteiger partial charge in [0.25, 0.3) is 0 Å². The zero-order chi connectivity index (χ0) is 37.5. The summed E-state index contributed by atoms with van der Waals surface area (Å²) in [4.78, 5) is 10.4. The highest BCUT2D eigenvalue weighted by molar-refractivity contribution is 7.25. The van der Waals surface area contributed by atoms with Crippen LogP contribution in [0, 0.1) is 0 Å². The molecule has 1 spiro atoms. The van der Waals surface area contributed by atoms with Crippen LogP contribution in [0.5, 0.6) is 11.5 Å². The first-order valence-corrected chi connectivity index (χ1v) is 20.1. The zero-order valence-electron chi connectivity index (χ0n) is 30.7. The van der Waals surface area contributed by atoms with Gasteiger partial charge >= 0.3 is 0 Å². The average molecular weight is 745 g/mol. The molecular weight excluding hydrogens is 713 g/mol. The van der Waals surface area contributed by atoms with Crippen LogP contribution in [0.2, 0.25) is 0 Å². The lowest BCUT2D eigenvalue weighted by Crippen LogP contribution is -2.32. The molecule has 0 saturated heterocycles. The predicted molar refractivity (Wildman–Crippen MR) is 234 cm³/mol. The lowest BCUT2D eigenvalue weighted by atomic mass is 9.66. The van der Waals surface area contributed by atoms with Crippen molar-refractivity contribution in [3.63, 3.8) is 0 Å². The second-order valence-corrected chi connectivity index (χ2v) is 16.0. The van der Waals surface area contributed by atoms with Crippen LogP contribution in [-0.2, 0) is 5.41 Å². The van der Waals surface area contributed by atoms with E-state index >= 15 is 0 Å². The highest BCUT2D eigenvalue weighted by Crippen LogP contribution is 2.62. The number of hydrogen-bond donors (Lipinski definition) is 0. The van der Waals surface area contributed by atoms with E-state index in [4.69, 9.17) is 14.7 Å². The molecule has 0 N–H and O–H groups in total. The third-order valence-corrected chi connectivity index (χ3v) is 12.9. The average Bonchev–Trinajstić information content (AvgIpc) is 3.80. The largest absolute Gasteiger partial charge is 0.457 e. The van der Waals surface area contributed by atoms with Gasteiger partial charge < -0.3 is 4.74 Å². The topological polar surface area (TPSA) is 35.0 Å². The minimum absolute atomic E-state index is 0.521. The Hall–Kier alpha value is -7.14. The maximum absolute atomic E-state index is 6.72. The molecule has 2 aromatic heterocycles. The van der Waals surface area contributed by atoms with E-state index in [9.17, 15) is 0 Å². The Morgan fingerprint density at radius 2 is 0.947 bits per heavy atom. The summed E-state index contributed by atoms with van der Waals surface area (Å²) in [6.07, 6.45) is 0. The van der Waals surface area contributed by atoms with Gasteiger partial charge in [-0.25, -0.2) is 9.97 Å². The molecule has 0 unspecified atom stereocenters. The van der Waals surface area contributed by atoms with Crippen LogP contribution in [0.3, 0.4) is 0 Å². The smallest absolute Gasteiger partial charge is 0.160 e. The highest BCUT2D eigenvalue weighted by Gasteiger charge is 2.51. The first kappa shape index (κ1) is 32.1. The molecule has 8 aromatic carbocycles. The Balaban J connectivity index is 1.02. The SMILES string of the molecule is c1ccc(-c2nc(-c3cccc(-c4ccc5c(c4)C4(c6ccccc6O5)c5ccccc5-c5ccccc54)c3)cc(-c3ccc4c(c3)sc3ccccc34)n2)cc1. The molecule has 2 aliphatic rings. The molecule has 0 fully saturated rings. The molecule has 3 heterocycles. The maximum Gasteiger partial charge on any atom is 0.160 e. The summed E-state index contributed by atoms with van der Waals surface area (Å²) in [5, 5.41) is 2.56. The number of thiophene rings is 1. The summed E-state index contributed by atoms with van der Waals surface area (Å²) in [5.41, 5.74) is 14.0.